The number of aromatic nitrogens is 4. The van der Waals surface area contributed by atoms with Crippen LogP contribution in [0.25, 0.3) is 44.3 Å². The number of pyridine rings is 1. The monoisotopic (exact) mass is 405 g/mol. The predicted molar refractivity (Wildman–Crippen MR) is 125 cm³/mol. The van der Waals surface area contributed by atoms with E-state index in [1.165, 1.54) is 29.4 Å². The molecule has 0 saturated carbocycles. The number of aromatic amines is 1. The number of nitrogens with one attached hydrogen (secondary N) is 2. The molecule has 0 spiro atoms. The summed E-state index contributed by atoms with van der Waals surface area (Å²) in [5.41, 5.74) is 7.80. The second-order valence-corrected chi connectivity index (χ2v) is 8.21. The van der Waals surface area contributed by atoms with Crippen LogP contribution in [0.3, 0.4) is 0 Å². The number of nitrogens with zero attached hydrogens (tertiary/aromatic N) is 3. The molecule has 1 fully saturated rings. The lowest BCUT2D eigenvalue weighted by Gasteiger charge is -2.23. The summed E-state index contributed by atoms with van der Waals surface area (Å²) in [6.07, 6.45) is 7.69. The molecule has 0 amide bonds. The zero-order chi connectivity index (χ0) is 20.6. The number of piperidine rings is 1. The van der Waals surface area contributed by atoms with Crippen LogP contribution < -0.4 is 5.32 Å². The van der Waals surface area contributed by atoms with Crippen molar-refractivity contribution in [2.45, 2.75) is 18.8 Å². The van der Waals surface area contributed by atoms with Gasteiger partial charge in [-0.2, -0.15) is 0 Å². The van der Waals surface area contributed by atoms with E-state index in [9.17, 15) is 0 Å². The molecule has 0 radical (unpaired) electrons. The van der Waals surface area contributed by atoms with Gasteiger partial charge in [-0.15, -0.1) is 0 Å². The normalized spacial score (nSPS) is 15.0. The standard InChI is InChI=1S/C26H23N5/c1-2-20(18-8-12-28-13-9-18)21-15-25(31-24(21)3-1)26-22-14-19(17-6-10-27-11-7-17)4-5-23(22)29-16-30-26/h1-5,8-9,12-17,27,31H,6-7,10-11H2. The fraction of sp³-hybridized carbons (Fsp3) is 0.192. The first-order valence-corrected chi connectivity index (χ1v) is 10.8. The molecule has 0 aliphatic carbocycles. The minimum atomic E-state index is 0.597. The van der Waals surface area contributed by atoms with E-state index in [0.717, 1.165) is 46.5 Å². The fourth-order valence-electron chi connectivity index (χ4n) is 4.76. The molecule has 0 atom stereocenters. The van der Waals surface area contributed by atoms with Crippen LogP contribution in [0.1, 0.15) is 24.3 Å². The van der Waals surface area contributed by atoms with Gasteiger partial charge < -0.3 is 10.3 Å². The molecule has 6 rings (SSSR count). The first-order valence-electron chi connectivity index (χ1n) is 10.8. The summed E-state index contributed by atoms with van der Waals surface area (Å²) >= 11 is 0. The Balaban J connectivity index is 1.50. The third kappa shape index (κ3) is 3.27. The lowest BCUT2D eigenvalue weighted by Crippen LogP contribution is -2.26. The lowest BCUT2D eigenvalue weighted by molar-refractivity contribution is 0.460. The quantitative estimate of drug-likeness (QED) is 0.427. The number of hydrogen-bond acceptors (Lipinski definition) is 4. The third-order valence-electron chi connectivity index (χ3n) is 6.38. The van der Waals surface area contributed by atoms with Gasteiger partial charge in [0.25, 0.3) is 0 Å². The molecule has 152 valence electrons. The van der Waals surface area contributed by atoms with E-state index in [-0.39, 0.29) is 0 Å². The van der Waals surface area contributed by atoms with Gasteiger partial charge in [0.2, 0.25) is 0 Å². The van der Waals surface area contributed by atoms with Crippen LogP contribution in [-0.2, 0) is 0 Å². The van der Waals surface area contributed by atoms with Crippen LogP contribution in [0.5, 0.6) is 0 Å². The highest BCUT2D eigenvalue weighted by atomic mass is 14.9. The number of rotatable bonds is 3. The highest BCUT2D eigenvalue weighted by molar-refractivity contribution is 6.00. The minimum Gasteiger partial charge on any atom is -0.353 e. The molecule has 31 heavy (non-hydrogen) atoms. The van der Waals surface area contributed by atoms with Crippen molar-refractivity contribution >= 4 is 21.8 Å². The summed E-state index contributed by atoms with van der Waals surface area (Å²) in [6.45, 7) is 2.17. The van der Waals surface area contributed by atoms with Crippen LogP contribution in [0.2, 0.25) is 0 Å². The Morgan fingerprint density at radius 2 is 1.71 bits per heavy atom. The molecule has 0 bridgehead atoms. The van der Waals surface area contributed by atoms with Crippen molar-refractivity contribution in [1.29, 1.82) is 0 Å². The van der Waals surface area contributed by atoms with Crippen LogP contribution >= 0.6 is 0 Å². The number of hydrogen-bond donors (Lipinski definition) is 2. The molecular formula is C26H23N5. The van der Waals surface area contributed by atoms with Crippen LogP contribution in [0.15, 0.2) is 73.3 Å². The fourth-order valence-corrected chi connectivity index (χ4v) is 4.76. The summed E-state index contributed by atoms with van der Waals surface area (Å²) in [6, 6.07) is 19.4. The Kier molecular flexibility index (Phi) is 4.47. The highest BCUT2D eigenvalue weighted by Gasteiger charge is 2.17. The van der Waals surface area contributed by atoms with Crippen molar-refractivity contribution in [3.05, 3.63) is 78.9 Å². The first kappa shape index (κ1) is 18.2. The average molecular weight is 406 g/mol. The summed E-state index contributed by atoms with van der Waals surface area (Å²) in [5.74, 6) is 0.597. The molecule has 1 aliphatic rings. The van der Waals surface area contributed by atoms with Gasteiger partial charge in [-0.25, -0.2) is 9.97 Å². The van der Waals surface area contributed by atoms with Crippen molar-refractivity contribution in [2.24, 2.45) is 0 Å². The maximum Gasteiger partial charge on any atom is 0.116 e. The van der Waals surface area contributed by atoms with Crippen LogP contribution in [-0.4, -0.2) is 33.0 Å². The van der Waals surface area contributed by atoms with Gasteiger partial charge in [0.05, 0.1) is 16.9 Å². The summed E-state index contributed by atoms with van der Waals surface area (Å²) < 4.78 is 0. The summed E-state index contributed by atoms with van der Waals surface area (Å²) in [4.78, 5) is 17.0. The second-order valence-electron chi connectivity index (χ2n) is 8.21. The molecule has 1 aliphatic heterocycles. The first-order chi connectivity index (χ1) is 15.4. The largest absolute Gasteiger partial charge is 0.353 e. The van der Waals surface area contributed by atoms with Crippen molar-refractivity contribution in [3.8, 4) is 22.5 Å². The topological polar surface area (TPSA) is 66.5 Å². The molecule has 2 aromatic carbocycles. The Bertz CT molecular complexity index is 1370. The summed E-state index contributed by atoms with van der Waals surface area (Å²) in [7, 11) is 0. The molecular weight excluding hydrogens is 382 g/mol. The van der Waals surface area contributed by atoms with Gasteiger partial charge in [0.15, 0.2) is 0 Å². The molecule has 4 heterocycles. The number of fused-ring (bicyclic) bond motifs is 2. The van der Waals surface area contributed by atoms with Crippen molar-refractivity contribution < 1.29 is 0 Å². The van der Waals surface area contributed by atoms with E-state index in [0.29, 0.717) is 5.92 Å². The summed E-state index contributed by atoms with van der Waals surface area (Å²) in [5, 5.41) is 5.75. The van der Waals surface area contributed by atoms with Gasteiger partial charge in [0.1, 0.15) is 6.33 Å². The Hall–Kier alpha value is -3.57. The molecule has 5 heteroatoms. The molecule has 5 aromatic rings. The van der Waals surface area contributed by atoms with Crippen LogP contribution in [0.4, 0.5) is 0 Å². The van der Waals surface area contributed by atoms with Gasteiger partial charge in [-0.1, -0.05) is 18.2 Å². The lowest BCUT2D eigenvalue weighted by atomic mass is 9.89. The molecule has 5 nitrogen and oxygen atoms in total. The Morgan fingerprint density at radius 3 is 2.58 bits per heavy atom. The molecule has 1 saturated heterocycles. The second kappa shape index (κ2) is 7.60. The van der Waals surface area contributed by atoms with Gasteiger partial charge in [-0.05, 0) is 84.9 Å². The Morgan fingerprint density at radius 1 is 0.839 bits per heavy atom. The van der Waals surface area contributed by atoms with Gasteiger partial charge >= 0.3 is 0 Å². The zero-order valence-corrected chi connectivity index (χ0v) is 17.2. The van der Waals surface area contributed by atoms with Crippen LogP contribution in [0, 0.1) is 0 Å². The van der Waals surface area contributed by atoms with E-state index >= 15 is 0 Å². The maximum absolute atomic E-state index is 4.70. The minimum absolute atomic E-state index is 0.597. The van der Waals surface area contributed by atoms with Gasteiger partial charge in [0, 0.05) is 28.7 Å². The smallest absolute Gasteiger partial charge is 0.116 e. The van der Waals surface area contributed by atoms with E-state index in [1.54, 1.807) is 6.33 Å². The number of benzene rings is 2. The van der Waals surface area contributed by atoms with Crippen molar-refractivity contribution in [3.63, 3.8) is 0 Å². The van der Waals surface area contributed by atoms with E-state index < -0.39 is 0 Å². The average Bonchev–Trinajstić information content (AvgIpc) is 3.29. The Labute approximate surface area is 180 Å². The molecule has 3 aromatic heterocycles. The molecule has 2 N–H and O–H groups in total. The molecule has 0 unspecified atom stereocenters. The predicted octanol–water partition coefficient (Wildman–Crippen LogP) is 5.31. The van der Waals surface area contributed by atoms with E-state index in [1.807, 2.05) is 24.5 Å². The van der Waals surface area contributed by atoms with Crippen molar-refractivity contribution in [1.82, 2.24) is 25.3 Å². The highest BCUT2D eigenvalue weighted by Crippen LogP contribution is 2.35. The van der Waals surface area contributed by atoms with Crippen molar-refractivity contribution in [2.75, 3.05) is 13.1 Å². The SMILES string of the molecule is c1cc(-c2ccncc2)c2cc(-c3ncnc4ccc(C5CCNCC5)cc34)[nH]c2c1. The van der Waals surface area contributed by atoms with E-state index in [2.05, 4.69) is 62.7 Å². The van der Waals surface area contributed by atoms with E-state index in [4.69, 9.17) is 4.98 Å². The number of H-pyrrole nitrogens is 1. The maximum atomic E-state index is 4.70. The van der Waals surface area contributed by atoms with Gasteiger partial charge in [-0.3, -0.25) is 4.98 Å². The third-order valence-corrected chi connectivity index (χ3v) is 6.38. The zero-order valence-electron chi connectivity index (χ0n) is 17.2.